The molecule has 0 aliphatic carbocycles. The Morgan fingerprint density at radius 3 is 1.91 bits per heavy atom. The van der Waals surface area contributed by atoms with Crippen LogP contribution >= 0.6 is 0 Å². The van der Waals surface area contributed by atoms with Gasteiger partial charge >= 0.3 is 0 Å². The van der Waals surface area contributed by atoms with Crippen LogP contribution in [0, 0.1) is 5.92 Å². The average Bonchev–Trinajstić information content (AvgIpc) is 2.97. The summed E-state index contributed by atoms with van der Waals surface area (Å²) in [4.78, 5) is 2.38. The first kappa shape index (κ1) is 15.6. The van der Waals surface area contributed by atoms with Gasteiger partial charge in [-0.05, 0) is 31.9 Å². The van der Waals surface area contributed by atoms with Crippen molar-refractivity contribution in [1.82, 2.24) is 5.01 Å². The molecule has 23 heavy (non-hydrogen) atoms. The third kappa shape index (κ3) is 2.96. The zero-order valence-corrected chi connectivity index (χ0v) is 14.3. The average molecular weight is 307 g/mol. The summed E-state index contributed by atoms with van der Waals surface area (Å²) in [7, 11) is 0. The smallest absolute Gasteiger partial charge is 0.162 e. The Bertz CT molecular complexity index is 662. The van der Waals surface area contributed by atoms with Crippen molar-refractivity contribution >= 4 is 11.5 Å². The van der Waals surface area contributed by atoms with E-state index in [9.17, 15) is 0 Å². The van der Waals surface area contributed by atoms with E-state index in [2.05, 4.69) is 92.2 Å². The molecule has 1 aliphatic heterocycles. The number of hydrogen-bond acceptors (Lipinski definition) is 3. The monoisotopic (exact) mass is 307 g/mol. The number of benzene rings is 2. The molecular formula is C20H25N3. The van der Waals surface area contributed by atoms with Crippen LogP contribution in [0.2, 0.25) is 0 Å². The minimum absolute atomic E-state index is 0.229. The molecule has 1 atom stereocenters. The standard InChI is InChI=1S/C20H25N3/c1-15(2)20-22(18-13-9-6-10-14-18)19(21-23(20)16(3)4)17-11-7-5-8-12-17/h5-16,20H,1-4H3. The molecule has 1 heterocycles. The molecule has 120 valence electrons. The van der Waals surface area contributed by atoms with Gasteiger partial charge in [0.05, 0.1) is 0 Å². The van der Waals surface area contributed by atoms with Crippen LogP contribution in [0.5, 0.6) is 0 Å². The summed E-state index contributed by atoms with van der Waals surface area (Å²) in [5.41, 5.74) is 2.35. The van der Waals surface area contributed by atoms with E-state index < -0.39 is 0 Å². The third-order valence-corrected chi connectivity index (χ3v) is 4.17. The molecule has 0 saturated heterocycles. The Labute approximate surface area is 139 Å². The molecule has 1 aliphatic rings. The van der Waals surface area contributed by atoms with Crippen molar-refractivity contribution in [3.8, 4) is 0 Å². The minimum atomic E-state index is 0.229. The van der Waals surface area contributed by atoms with Gasteiger partial charge in [0.15, 0.2) is 5.84 Å². The zero-order chi connectivity index (χ0) is 16.4. The second kappa shape index (κ2) is 6.45. The molecule has 0 spiro atoms. The normalized spacial score (nSPS) is 18.0. The lowest BCUT2D eigenvalue weighted by molar-refractivity contribution is 0.147. The van der Waals surface area contributed by atoms with Gasteiger partial charge in [-0.3, -0.25) is 5.01 Å². The molecule has 0 saturated carbocycles. The highest BCUT2D eigenvalue weighted by Crippen LogP contribution is 2.32. The topological polar surface area (TPSA) is 18.8 Å². The summed E-state index contributed by atoms with van der Waals surface area (Å²) in [6.07, 6.45) is 0.229. The van der Waals surface area contributed by atoms with Crippen LogP contribution in [0.3, 0.4) is 0 Å². The van der Waals surface area contributed by atoms with Crippen LogP contribution in [0.15, 0.2) is 65.8 Å². The first-order valence-corrected chi connectivity index (χ1v) is 8.36. The molecule has 2 aromatic rings. The van der Waals surface area contributed by atoms with Crippen LogP contribution in [-0.2, 0) is 0 Å². The van der Waals surface area contributed by atoms with Gasteiger partial charge in [0.1, 0.15) is 6.17 Å². The first-order chi connectivity index (χ1) is 11.1. The van der Waals surface area contributed by atoms with Crippen molar-refractivity contribution in [2.45, 2.75) is 39.9 Å². The maximum atomic E-state index is 4.99. The number of hydrogen-bond donors (Lipinski definition) is 0. The highest BCUT2D eigenvalue weighted by atomic mass is 15.6. The van der Waals surface area contributed by atoms with Crippen molar-refractivity contribution < 1.29 is 0 Å². The van der Waals surface area contributed by atoms with Crippen LogP contribution in [0.25, 0.3) is 0 Å². The molecule has 1 unspecified atom stereocenters. The summed E-state index contributed by atoms with van der Waals surface area (Å²) in [6, 6.07) is 21.4. The predicted octanol–water partition coefficient (Wildman–Crippen LogP) is 4.56. The fourth-order valence-electron chi connectivity index (χ4n) is 3.13. The summed E-state index contributed by atoms with van der Waals surface area (Å²) in [5, 5.41) is 7.23. The molecule has 3 heteroatoms. The Hall–Kier alpha value is -2.29. The number of anilines is 1. The maximum absolute atomic E-state index is 4.99. The van der Waals surface area contributed by atoms with Crippen molar-refractivity contribution in [2.75, 3.05) is 4.90 Å². The van der Waals surface area contributed by atoms with E-state index in [0.717, 1.165) is 11.4 Å². The van der Waals surface area contributed by atoms with E-state index in [0.29, 0.717) is 12.0 Å². The van der Waals surface area contributed by atoms with Gasteiger partial charge in [-0.15, -0.1) is 0 Å². The number of hydrazone groups is 1. The van der Waals surface area contributed by atoms with E-state index in [1.54, 1.807) is 0 Å². The molecule has 0 amide bonds. The lowest BCUT2D eigenvalue weighted by Gasteiger charge is -2.36. The molecule has 0 radical (unpaired) electrons. The summed E-state index contributed by atoms with van der Waals surface area (Å²) in [6.45, 7) is 8.94. The molecule has 0 bridgehead atoms. The third-order valence-electron chi connectivity index (χ3n) is 4.17. The molecule has 0 N–H and O–H groups in total. The van der Waals surface area contributed by atoms with Crippen molar-refractivity contribution in [1.29, 1.82) is 0 Å². The lowest BCUT2D eigenvalue weighted by Crippen LogP contribution is -2.48. The van der Waals surface area contributed by atoms with Gasteiger partial charge in [0.2, 0.25) is 0 Å². The minimum Gasteiger partial charge on any atom is -0.302 e. The molecule has 3 rings (SSSR count). The Balaban J connectivity index is 2.12. The van der Waals surface area contributed by atoms with E-state index in [1.807, 2.05) is 6.07 Å². The number of rotatable bonds is 4. The quantitative estimate of drug-likeness (QED) is 0.824. The summed E-state index contributed by atoms with van der Waals surface area (Å²) < 4.78 is 0. The number of nitrogens with zero attached hydrogens (tertiary/aromatic N) is 3. The van der Waals surface area contributed by atoms with Crippen LogP contribution in [0.4, 0.5) is 5.69 Å². The fraction of sp³-hybridized carbons (Fsp3) is 0.350. The molecule has 2 aromatic carbocycles. The van der Waals surface area contributed by atoms with Crippen molar-refractivity contribution in [3.05, 3.63) is 66.2 Å². The highest BCUT2D eigenvalue weighted by molar-refractivity contribution is 6.11. The zero-order valence-electron chi connectivity index (χ0n) is 14.3. The summed E-state index contributed by atoms with van der Waals surface area (Å²) in [5.74, 6) is 1.49. The van der Waals surface area contributed by atoms with Gasteiger partial charge in [0.25, 0.3) is 0 Å². The SMILES string of the molecule is CC(C)C1N(c2ccccc2)C(c2ccccc2)=NN1C(C)C. The van der Waals surface area contributed by atoms with Crippen LogP contribution in [0.1, 0.15) is 33.3 Å². The van der Waals surface area contributed by atoms with Gasteiger partial charge in [-0.2, -0.15) is 5.10 Å². The van der Waals surface area contributed by atoms with Gasteiger partial charge in [-0.25, -0.2) is 0 Å². The largest absolute Gasteiger partial charge is 0.302 e. The second-order valence-corrected chi connectivity index (χ2v) is 6.63. The van der Waals surface area contributed by atoms with Crippen LogP contribution in [-0.4, -0.2) is 23.1 Å². The van der Waals surface area contributed by atoms with Gasteiger partial charge < -0.3 is 4.90 Å². The van der Waals surface area contributed by atoms with Gasteiger partial charge in [-0.1, -0.05) is 62.4 Å². The van der Waals surface area contributed by atoms with Crippen molar-refractivity contribution in [2.24, 2.45) is 11.0 Å². The number of para-hydroxylation sites is 1. The Morgan fingerprint density at radius 2 is 1.39 bits per heavy atom. The van der Waals surface area contributed by atoms with E-state index in [4.69, 9.17) is 5.10 Å². The molecule has 0 fully saturated rings. The molecule has 3 nitrogen and oxygen atoms in total. The predicted molar refractivity (Wildman–Crippen MR) is 97.5 cm³/mol. The fourth-order valence-corrected chi connectivity index (χ4v) is 3.13. The van der Waals surface area contributed by atoms with E-state index >= 15 is 0 Å². The van der Waals surface area contributed by atoms with E-state index in [-0.39, 0.29) is 6.17 Å². The molecule has 0 aromatic heterocycles. The van der Waals surface area contributed by atoms with Crippen molar-refractivity contribution in [3.63, 3.8) is 0 Å². The maximum Gasteiger partial charge on any atom is 0.162 e. The highest BCUT2D eigenvalue weighted by Gasteiger charge is 2.38. The summed E-state index contributed by atoms with van der Waals surface area (Å²) >= 11 is 0. The first-order valence-electron chi connectivity index (χ1n) is 8.36. The molecular weight excluding hydrogens is 282 g/mol. The Morgan fingerprint density at radius 1 is 0.826 bits per heavy atom. The Kier molecular flexibility index (Phi) is 4.37. The van der Waals surface area contributed by atoms with Crippen LogP contribution < -0.4 is 4.90 Å². The van der Waals surface area contributed by atoms with E-state index in [1.165, 1.54) is 5.69 Å². The van der Waals surface area contributed by atoms with Gasteiger partial charge in [0, 0.05) is 17.3 Å². The number of amidine groups is 1. The second-order valence-electron chi connectivity index (χ2n) is 6.63. The lowest BCUT2D eigenvalue weighted by atomic mass is 10.1.